The molecule has 3 heterocycles. The van der Waals surface area contributed by atoms with Crippen molar-refractivity contribution in [3.8, 4) is 17.0 Å². The molecule has 7 nitrogen and oxygen atoms in total. The maximum absolute atomic E-state index is 12.4. The number of hydrogen-bond donors (Lipinski definition) is 2. The minimum Gasteiger partial charge on any atom is -0.430 e. The van der Waals surface area contributed by atoms with Gasteiger partial charge in [0.1, 0.15) is 11.8 Å². The van der Waals surface area contributed by atoms with Gasteiger partial charge in [0.05, 0.1) is 0 Å². The lowest BCUT2D eigenvalue weighted by Gasteiger charge is -2.21. The smallest absolute Gasteiger partial charge is 0.300 e. The van der Waals surface area contributed by atoms with E-state index < -0.39 is 0 Å². The molecule has 2 fully saturated rings. The Kier molecular flexibility index (Phi) is 3.88. The van der Waals surface area contributed by atoms with E-state index in [2.05, 4.69) is 20.8 Å². The molecule has 4 rings (SSSR count). The standard InChI is InChI=1S/C16H15N5O2S/c17-8-14-20-21-16(24-14)23-11-4-1-9(2-5-11)15(22)19-13-7-10-3-6-12(13)18-10/h1-2,4-5,10,12-13,18H,3,6-7H2,(H,19,22). The number of nitriles is 1. The molecule has 2 aromatic rings. The number of hydrogen-bond acceptors (Lipinski definition) is 7. The normalized spacial score (nSPS) is 24.5. The molecule has 0 saturated carbocycles. The average molecular weight is 341 g/mol. The highest BCUT2D eigenvalue weighted by atomic mass is 32.1. The van der Waals surface area contributed by atoms with Crippen LogP contribution < -0.4 is 15.4 Å². The summed E-state index contributed by atoms with van der Waals surface area (Å²) in [4.78, 5) is 12.4. The molecular weight excluding hydrogens is 326 g/mol. The Morgan fingerprint density at radius 1 is 1.33 bits per heavy atom. The number of nitrogens with one attached hydrogen (secondary N) is 2. The van der Waals surface area contributed by atoms with Gasteiger partial charge in [0.15, 0.2) is 0 Å². The number of ether oxygens (including phenoxy) is 1. The first kappa shape index (κ1) is 15.1. The van der Waals surface area contributed by atoms with Gasteiger partial charge in [-0.2, -0.15) is 5.26 Å². The highest BCUT2D eigenvalue weighted by Crippen LogP contribution is 2.29. The van der Waals surface area contributed by atoms with Crippen molar-refractivity contribution in [2.24, 2.45) is 0 Å². The van der Waals surface area contributed by atoms with Crippen LogP contribution in [0.5, 0.6) is 10.9 Å². The van der Waals surface area contributed by atoms with Gasteiger partial charge < -0.3 is 15.4 Å². The van der Waals surface area contributed by atoms with Crippen LogP contribution in [0.25, 0.3) is 0 Å². The van der Waals surface area contributed by atoms with E-state index >= 15 is 0 Å². The first-order valence-electron chi connectivity index (χ1n) is 7.80. The zero-order valence-corrected chi connectivity index (χ0v) is 13.5. The third kappa shape index (κ3) is 2.96. The summed E-state index contributed by atoms with van der Waals surface area (Å²) in [7, 11) is 0. The van der Waals surface area contributed by atoms with E-state index in [9.17, 15) is 4.79 Å². The van der Waals surface area contributed by atoms with Gasteiger partial charge in [0, 0.05) is 23.7 Å². The van der Waals surface area contributed by atoms with E-state index in [1.807, 2.05) is 6.07 Å². The number of aromatic nitrogens is 2. The minimum absolute atomic E-state index is 0.0661. The van der Waals surface area contributed by atoms with Crippen molar-refractivity contribution in [2.75, 3.05) is 0 Å². The van der Waals surface area contributed by atoms with Crippen LogP contribution in [0, 0.1) is 11.3 Å². The second kappa shape index (κ2) is 6.19. The Morgan fingerprint density at radius 2 is 2.17 bits per heavy atom. The lowest BCUT2D eigenvalue weighted by molar-refractivity contribution is 0.0931. The first-order chi connectivity index (χ1) is 11.7. The summed E-state index contributed by atoms with van der Waals surface area (Å²) in [5.41, 5.74) is 0.597. The van der Waals surface area contributed by atoms with Gasteiger partial charge >= 0.3 is 5.19 Å². The van der Waals surface area contributed by atoms with Crippen LogP contribution in [0.15, 0.2) is 24.3 Å². The lowest BCUT2D eigenvalue weighted by Crippen LogP contribution is -2.42. The van der Waals surface area contributed by atoms with Gasteiger partial charge in [-0.25, -0.2) is 0 Å². The number of carbonyl (C=O) groups is 1. The van der Waals surface area contributed by atoms with Crippen molar-refractivity contribution < 1.29 is 9.53 Å². The van der Waals surface area contributed by atoms with Crippen molar-refractivity contribution in [1.82, 2.24) is 20.8 Å². The number of rotatable bonds is 4. The van der Waals surface area contributed by atoms with Crippen LogP contribution in [0.2, 0.25) is 0 Å². The Balaban J connectivity index is 1.38. The SMILES string of the molecule is N#Cc1nnc(Oc2ccc(C(=O)NC3CC4CCC3N4)cc2)s1. The molecule has 8 heteroatoms. The minimum atomic E-state index is -0.0661. The molecule has 3 atom stereocenters. The number of carbonyl (C=O) groups excluding carboxylic acids is 1. The molecule has 2 aliphatic rings. The van der Waals surface area contributed by atoms with E-state index in [0.717, 1.165) is 24.2 Å². The summed E-state index contributed by atoms with van der Waals surface area (Å²) in [6, 6.07) is 9.96. The molecule has 2 N–H and O–H groups in total. The van der Waals surface area contributed by atoms with Gasteiger partial charge in [0.2, 0.25) is 5.01 Å². The maximum atomic E-state index is 12.4. The van der Waals surface area contributed by atoms with Crippen molar-refractivity contribution in [1.29, 1.82) is 5.26 Å². The fourth-order valence-electron chi connectivity index (χ4n) is 3.31. The third-order valence-corrected chi connectivity index (χ3v) is 5.15. The van der Waals surface area contributed by atoms with Crippen LogP contribution >= 0.6 is 11.3 Å². The van der Waals surface area contributed by atoms with Crippen molar-refractivity contribution in [3.05, 3.63) is 34.8 Å². The Labute approximate surface area is 142 Å². The summed E-state index contributed by atoms with van der Waals surface area (Å²) in [5.74, 6) is 0.484. The Morgan fingerprint density at radius 3 is 2.79 bits per heavy atom. The quantitative estimate of drug-likeness (QED) is 0.880. The lowest BCUT2D eigenvalue weighted by atomic mass is 9.95. The third-order valence-electron chi connectivity index (χ3n) is 4.44. The predicted octanol–water partition coefficient (Wildman–Crippen LogP) is 1.82. The van der Waals surface area contributed by atoms with E-state index in [-0.39, 0.29) is 17.0 Å². The maximum Gasteiger partial charge on any atom is 0.300 e. The Bertz CT molecular complexity index is 798. The molecule has 2 saturated heterocycles. The second-order valence-electron chi connectivity index (χ2n) is 5.97. The van der Waals surface area contributed by atoms with E-state index in [4.69, 9.17) is 10.00 Å². The van der Waals surface area contributed by atoms with Gasteiger partial charge in [-0.1, -0.05) is 5.10 Å². The summed E-state index contributed by atoms with van der Waals surface area (Å²) in [6.07, 6.45) is 3.35. The molecule has 0 aliphatic carbocycles. The highest BCUT2D eigenvalue weighted by molar-refractivity contribution is 7.13. The van der Waals surface area contributed by atoms with Crippen molar-refractivity contribution >= 4 is 17.2 Å². The molecule has 0 spiro atoms. The van der Waals surface area contributed by atoms with Crippen LogP contribution in [0.1, 0.15) is 34.6 Å². The van der Waals surface area contributed by atoms with Gasteiger partial charge in [-0.3, -0.25) is 4.79 Å². The summed E-state index contributed by atoms with van der Waals surface area (Å²) in [5, 5.41) is 23.3. The van der Waals surface area contributed by atoms with E-state index in [1.54, 1.807) is 24.3 Å². The molecule has 1 aromatic carbocycles. The van der Waals surface area contributed by atoms with E-state index in [1.165, 1.54) is 6.42 Å². The van der Waals surface area contributed by atoms with Crippen molar-refractivity contribution in [2.45, 2.75) is 37.4 Å². The average Bonchev–Trinajstić information content (AvgIpc) is 3.32. The predicted molar refractivity (Wildman–Crippen MR) is 87.0 cm³/mol. The molecule has 2 bridgehead atoms. The highest BCUT2D eigenvalue weighted by Gasteiger charge is 2.39. The number of nitrogens with zero attached hydrogens (tertiary/aromatic N) is 3. The fraction of sp³-hybridized carbons (Fsp3) is 0.375. The second-order valence-corrected chi connectivity index (χ2v) is 6.91. The molecule has 122 valence electrons. The molecule has 1 aromatic heterocycles. The van der Waals surface area contributed by atoms with Gasteiger partial charge in [0.25, 0.3) is 5.91 Å². The number of benzene rings is 1. The van der Waals surface area contributed by atoms with Crippen LogP contribution in [-0.4, -0.2) is 34.2 Å². The molecular formula is C16H15N5O2S. The summed E-state index contributed by atoms with van der Waals surface area (Å²) >= 11 is 1.07. The van der Waals surface area contributed by atoms with E-state index in [0.29, 0.717) is 28.6 Å². The molecule has 0 radical (unpaired) electrons. The summed E-state index contributed by atoms with van der Waals surface area (Å²) in [6.45, 7) is 0. The van der Waals surface area contributed by atoms with Crippen LogP contribution in [-0.2, 0) is 0 Å². The molecule has 24 heavy (non-hydrogen) atoms. The monoisotopic (exact) mass is 341 g/mol. The fourth-order valence-corrected chi connectivity index (χ4v) is 3.82. The molecule has 2 aliphatic heterocycles. The topological polar surface area (TPSA) is 99.9 Å². The van der Waals surface area contributed by atoms with Crippen LogP contribution in [0.3, 0.4) is 0 Å². The van der Waals surface area contributed by atoms with Crippen molar-refractivity contribution in [3.63, 3.8) is 0 Å². The zero-order valence-electron chi connectivity index (χ0n) is 12.7. The van der Waals surface area contributed by atoms with Gasteiger partial charge in [-0.15, -0.1) is 5.10 Å². The number of amides is 1. The van der Waals surface area contributed by atoms with Crippen LogP contribution in [0.4, 0.5) is 0 Å². The zero-order chi connectivity index (χ0) is 16.5. The molecule has 1 amide bonds. The Hall–Kier alpha value is -2.50. The molecule has 3 unspecified atom stereocenters. The largest absolute Gasteiger partial charge is 0.430 e. The van der Waals surface area contributed by atoms with Gasteiger partial charge in [-0.05, 0) is 54.9 Å². The first-order valence-corrected chi connectivity index (χ1v) is 8.61. The summed E-state index contributed by atoms with van der Waals surface area (Å²) < 4.78 is 5.52. The number of fused-ring (bicyclic) bond motifs is 2.